The number of para-hydroxylation sites is 1. The number of hydrogen-bond donors (Lipinski definition) is 1. The molecule has 1 N–H and O–H groups in total. The summed E-state index contributed by atoms with van der Waals surface area (Å²) >= 11 is 0. The van der Waals surface area contributed by atoms with Gasteiger partial charge in [0, 0.05) is 42.6 Å². The summed E-state index contributed by atoms with van der Waals surface area (Å²) in [6.45, 7) is 9.56. The minimum absolute atomic E-state index is 0. The monoisotopic (exact) mass is 469 g/mol. The first-order valence-electron chi connectivity index (χ1n) is 9.29. The molecular weight excluding hydrogens is 441 g/mol. The van der Waals surface area contributed by atoms with Gasteiger partial charge >= 0.3 is 0 Å². The molecule has 0 bridgehead atoms. The molecule has 1 aromatic carbocycles. The van der Waals surface area contributed by atoms with Crippen LogP contribution in [0.3, 0.4) is 0 Å². The first-order valence-corrected chi connectivity index (χ1v) is 9.29. The van der Waals surface area contributed by atoms with Gasteiger partial charge in [0.25, 0.3) is 0 Å². The summed E-state index contributed by atoms with van der Waals surface area (Å²) in [4.78, 5) is 7.26. The van der Waals surface area contributed by atoms with E-state index in [1.807, 2.05) is 12.1 Å². The van der Waals surface area contributed by atoms with Crippen LogP contribution in [0.4, 0.5) is 0 Å². The van der Waals surface area contributed by atoms with Crippen LogP contribution < -0.4 is 5.32 Å². The number of benzene rings is 1. The van der Waals surface area contributed by atoms with E-state index in [2.05, 4.69) is 36.2 Å². The number of halogens is 1. The maximum Gasteiger partial charge on any atom is 0.194 e. The predicted octanol–water partition coefficient (Wildman–Crippen LogP) is 3.94. The molecule has 6 heteroatoms. The first-order chi connectivity index (χ1) is 12.2. The van der Waals surface area contributed by atoms with Crippen LogP contribution in [0.1, 0.15) is 31.1 Å². The maximum absolute atomic E-state index is 6.01. The van der Waals surface area contributed by atoms with Crippen molar-refractivity contribution in [1.82, 2.24) is 10.2 Å². The van der Waals surface area contributed by atoms with E-state index in [9.17, 15) is 0 Å². The summed E-state index contributed by atoms with van der Waals surface area (Å²) in [6, 6.07) is 8.19. The van der Waals surface area contributed by atoms with Crippen molar-refractivity contribution in [3.63, 3.8) is 0 Å². The predicted molar refractivity (Wildman–Crippen MR) is 115 cm³/mol. The van der Waals surface area contributed by atoms with E-state index >= 15 is 0 Å². The van der Waals surface area contributed by atoms with Gasteiger partial charge in [0.2, 0.25) is 0 Å². The Balaban J connectivity index is 0.00000196. The van der Waals surface area contributed by atoms with E-state index in [4.69, 9.17) is 14.1 Å². The molecule has 3 heterocycles. The standard InChI is InChI=1S/C20H27N3O2.HI/c1-3-21-19(23-10-8-20(13-23)9-11-24-14-20)22-12-18-15(2)16-6-4-5-7-17(16)25-18;/h4-7H,3,8-14H2,1-2H3,(H,21,22);1H. The third-order valence-electron chi connectivity index (χ3n) is 5.57. The molecule has 1 aromatic heterocycles. The molecule has 4 rings (SSSR count). The summed E-state index contributed by atoms with van der Waals surface area (Å²) in [5, 5.41) is 4.63. The van der Waals surface area contributed by atoms with Crippen molar-refractivity contribution in [2.45, 2.75) is 33.2 Å². The van der Waals surface area contributed by atoms with Crippen molar-refractivity contribution < 1.29 is 9.15 Å². The molecule has 2 aliphatic rings. The van der Waals surface area contributed by atoms with Crippen LogP contribution in [0.25, 0.3) is 11.0 Å². The molecule has 142 valence electrons. The average molecular weight is 469 g/mol. The smallest absolute Gasteiger partial charge is 0.194 e. The summed E-state index contributed by atoms with van der Waals surface area (Å²) in [5.74, 6) is 1.95. The van der Waals surface area contributed by atoms with Crippen molar-refractivity contribution >= 4 is 40.9 Å². The Morgan fingerprint density at radius 2 is 2.15 bits per heavy atom. The molecule has 0 radical (unpaired) electrons. The summed E-state index contributed by atoms with van der Waals surface area (Å²) in [7, 11) is 0. The van der Waals surface area contributed by atoms with Crippen LogP contribution in [0, 0.1) is 12.3 Å². The van der Waals surface area contributed by atoms with Crippen molar-refractivity contribution in [3.8, 4) is 0 Å². The number of nitrogens with zero attached hydrogens (tertiary/aromatic N) is 2. The number of aliphatic imine (C=N–C) groups is 1. The van der Waals surface area contributed by atoms with Crippen LogP contribution in [-0.4, -0.2) is 43.7 Å². The van der Waals surface area contributed by atoms with E-state index in [-0.39, 0.29) is 24.0 Å². The van der Waals surface area contributed by atoms with Crippen LogP contribution in [0.5, 0.6) is 0 Å². The van der Waals surface area contributed by atoms with Gasteiger partial charge in [-0.1, -0.05) is 18.2 Å². The third kappa shape index (κ3) is 3.71. The number of guanidine groups is 1. The van der Waals surface area contributed by atoms with E-state index in [1.54, 1.807) is 0 Å². The normalized spacial score (nSPS) is 23.0. The Morgan fingerprint density at radius 3 is 2.88 bits per heavy atom. The largest absolute Gasteiger partial charge is 0.459 e. The zero-order valence-corrected chi connectivity index (χ0v) is 17.9. The molecule has 2 saturated heterocycles. The van der Waals surface area contributed by atoms with Gasteiger partial charge in [-0.25, -0.2) is 4.99 Å². The molecule has 5 nitrogen and oxygen atoms in total. The second kappa shape index (κ2) is 8.17. The van der Waals surface area contributed by atoms with Gasteiger partial charge in [-0.2, -0.15) is 0 Å². The highest BCUT2D eigenvalue weighted by Crippen LogP contribution is 2.38. The molecule has 2 aliphatic heterocycles. The number of furan rings is 1. The minimum atomic E-state index is 0. The number of likely N-dealkylation sites (tertiary alicyclic amines) is 1. The first kappa shape index (κ1) is 19.5. The zero-order valence-electron chi connectivity index (χ0n) is 15.6. The number of aryl methyl sites for hydroxylation is 1. The number of nitrogens with one attached hydrogen (secondary N) is 1. The zero-order chi connectivity index (χ0) is 17.3. The average Bonchev–Trinajstić information content (AvgIpc) is 3.34. The highest BCUT2D eigenvalue weighted by Gasteiger charge is 2.42. The van der Waals surface area contributed by atoms with Crippen molar-refractivity contribution in [3.05, 3.63) is 35.6 Å². The third-order valence-corrected chi connectivity index (χ3v) is 5.57. The molecule has 0 amide bonds. The second-order valence-corrected chi connectivity index (χ2v) is 7.29. The van der Waals surface area contributed by atoms with Gasteiger partial charge in [0.1, 0.15) is 17.9 Å². The highest BCUT2D eigenvalue weighted by atomic mass is 127. The number of rotatable bonds is 3. The summed E-state index contributed by atoms with van der Waals surface area (Å²) < 4.78 is 11.7. The van der Waals surface area contributed by atoms with Crippen molar-refractivity contribution in [2.24, 2.45) is 10.4 Å². The van der Waals surface area contributed by atoms with Crippen molar-refractivity contribution in [1.29, 1.82) is 0 Å². The summed E-state index contributed by atoms with van der Waals surface area (Å²) in [6.07, 6.45) is 2.37. The molecular formula is C20H28IN3O2. The highest BCUT2D eigenvalue weighted by molar-refractivity contribution is 14.0. The summed E-state index contributed by atoms with van der Waals surface area (Å²) in [5.41, 5.74) is 2.47. The Bertz CT molecular complexity index is 780. The Kier molecular flexibility index (Phi) is 6.12. The Labute approximate surface area is 172 Å². The fraction of sp³-hybridized carbons (Fsp3) is 0.550. The molecule has 2 aromatic rings. The van der Waals surface area contributed by atoms with E-state index < -0.39 is 0 Å². The van der Waals surface area contributed by atoms with Gasteiger partial charge in [-0.15, -0.1) is 24.0 Å². The van der Waals surface area contributed by atoms with Crippen molar-refractivity contribution in [2.75, 3.05) is 32.8 Å². The van der Waals surface area contributed by atoms with E-state index in [0.29, 0.717) is 12.0 Å². The number of fused-ring (bicyclic) bond motifs is 1. The van der Waals surface area contributed by atoms with E-state index in [0.717, 1.165) is 50.2 Å². The lowest BCUT2D eigenvalue weighted by Gasteiger charge is -2.24. The lowest BCUT2D eigenvalue weighted by atomic mass is 9.87. The molecule has 1 unspecified atom stereocenters. The van der Waals surface area contributed by atoms with E-state index in [1.165, 1.54) is 23.8 Å². The molecule has 0 aliphatic carbocycles. The van der Waals surface area contributed by atoms with Gasteiger partial charge in [0.15, 0.2) is 5.96 Å². The van der Waals surface area contributed by atoms with Crippen LogP contribution >= 0.6 is 24.0 Å². The van der Waals surface area contributed by atoms with Crippen LogP contribution in [-0.2, 0) is 11.3 Å². The Hall–Kier alpha value is -1.28. The van der Waals surface area contributed by atoms with Gasteiger partial charge in [0.05, 0.1) is 6.61 Å². The maximum atomic E-state index is 6.01. The SMILES string of the molecule is CCNC(=NCc1oc2ccccc2c1C)N1CCC2(CCOC2)C1.I. The fourth-order valence-corrected chi connectivity index (χ4v) is 4.04. The van der Waals surface area contributed by atoms with Crippen LogP contribution in [0.2, 0.25) is 0 Å². The number of ether oxygens (including phenoxy) is 1. The van der Waals surface area contributed by atoms with Gasteiger partial charge in [-0.3, -0.25) is 0 Å². The lowest BCUT2D eigenvalue weighted by Crippen LogP contribution is -2.41. The molecule has 1 atom stereocenters. The van der Waals surface area contributed by atoms with Gasteiger partial charge < -0.3 is 19.4 Å². The molecule has 26 heavy (non-hydrogen) atoms. The lowest BCUT2D eigenvalue weighted by molar-refractivity contribution is 0.156. The quantitative estimate of drug-likeness (QED) is 0.421. The Morgan fingerprint density at radius 1 is 1.31 bits per heavy atom. The van der Waals surface area contributed by atoms with Gasteiger partial charge in [-0.05, 0) is 32.8 Å². The molecule has 0 saturated carbocycles. The minimum Gasteiger partial charge on any atom is -0.459 e. The fourth-order valence-electron chi connectivity index (χ4n) is 4.04. The second-order valence-electron chi connectivity index (χ2n) is 7.29. The topological polar surface area (TPSA) is 50.0 Å². The molecule has 2 fully saturated rings. The molecule has 1 spiro atoms. The number of hydrogen-bond acceptors (Lipinski definition) is 3. The van der Waals surface area contributed by atoms with Crippen LogP contribution in [0.15, 0.2) is 33.7 Å².